The largest absolute Gasteiger partial charge is 0.0888 e. The zero-order valence-corrected chi connectivity index (χ0v) is 10.6. The average molecular weight is 243 g/mol. The maximum atomic E-state index is 6.13. The minimum Gasteiger partial charge on any atom is -0.0888 e. The maximum Gasteiger partial charge on any atom is 0.0455 e. The molecule has 82 valence electrons. The first-order valence-corrected chi connectivity index (χ1v) is 6.01. The lowest BCUT2D eigenvalue weighted by Gasteiger charge is -2.13. The molecule has 0 saturated heterocycles. The van der Waals surface area contributed by atoms with Gasteiger partial charge in [0, 0.05) is 10.0 Å². The molecule has 0 N–H and O–H groups in total. The minimum absolute atomic E-state index is 0.369. The molecule has 0 aliphatic rings. The van der Waals surface area contributed by atoms with Crippen molar-refractivity contribution < 1.29 is 0 Å². The monoisotopic (exact) mass is 242 g/mol. The average Bonchev–Trinajstić information content (AvgIpc) is 2.18. The molecule has 0 nitrogen and oxygen atoms in total. The molecule has 1 unspecified atom stereocenters. The highest BCUT2D eigenvalue weighted by molar-refractivity contribution is 6.36. The summed E-state index contributed by atoms with van der Waals surface area (Å²) in [5, 5.41) is 1.53. The Morgan fingerprint density at radius 2 is 1.80 bits per heavy atom. The number of allylic oxidation sites excluding steroid dienone is 2. The van der Waals surface area contributed by atoms with Gasteiger partial charge in [0.25, 0.3) is 0 Å². The molecule has 1 aromatic rings. The van der Waals surface area contributed by atoms with Crippen molar-refractivity contribution in [2.75, 3.05) is 0 Å². The standard InChI is InChI=1S/C13H16Cl2/c1-3-4-5-7-10(2)13-11(14)8-6-9-12(13)15/h4-6,8-10H,3,7H2,1-2H3/b5-4-. The van der Waals surface area contributed by atoms with Gasteiger partial charge in [-0.1, -0.05) is 55.3 Å². The van der Waals surface area contributed by atoms with Gasteiger partial charge in [-0.05, 0) is 36.5 Å². The van der Waals surface area contributed by atoms with Crippen LogP contribution in [0.4, 0.5) is 0 Å². The van der Waals surface area contributed by atoms with E-state index in [1.54, 1.807) is 0 Å². The molecular weight excluding hydrogens is 227 g/mol. The van der Waals surface area contributed by atoms with Crippen LogP contribution in [-0.4, -0.2) is 0 Å². The van der Waals surface area contributed by atoms with Gasteiger partial charge in [-0.3, -0.25) is 0 Å². The summed E-state index contributed by atoms with van der Waals surface area (Å²) in [6.45, 7) is 4.27. The van der Waals surface area contributed by atoms with Crippen LogP contribution >= 0.6 is 23.2 Å². The summed E-state index contributed by atoms with van der Waals surface area (Å²) in [5.41, 5.74) is 1.06. The Labute approximate surface area is 102 Å². The van der Waals surface area contributed by atoms with Crippen molar-refractivity contribution in [3.8, 4) is 0 Å². The van der Waals surface area contributed by atoms with Crippen molar-refractivity contribution in [1.29, 1.82) is 0 Å². The van der Waals surface area contributed by atoms with Crippen LogP contribution in [0.1, 0.15) is 38.2 Å². The number of hydrogen-bond donors (Lipinski definition) is 0. The summed E-state index contributed by atoms with van der Waals surface area (Å²) < 4.78 is 0. The van der Waals surface area contributed by atoms with Gasteiger partial charge in [-0.2, -0.15) is 0 Å². The van der Waals surface area contributed by atoms with Crippen LogP contribution in [0.15, 0.2) is 30.4 Å². The van der Waals surface area contributed by atoms with Crippen LogP contribution in [0.5, 0.6) is 0 Å². The summed E-state index contributed by atoms with van der Waals surface area (Å²) in [5.74, 6) is 0.369. The topological polar surface area (TPSA) is 0 Å². The summed E-state index contributed by atoms with van der Waals surface area (Å²) in [7, 11) is 0. The highest BCUT2D eigenvalue weighted by atomic mass is 35.5. The minimum atomic E-state index is 0.369. The Balaban J connectivity index is 2.81. The maximum absolute atomic E-state index is 6.13. The fourth-order valence-corrected chi connectivity index (χ4v) is 2.34. The van der Waals surface area contributed by atoms with Gasteiger partial charge >= 0.3 is 0 Å². The zero-order chi connectivity index (χ0) is 11.3. The first-order valence-electron chi connectivity index (χ1n) is 5.25. The Morgan fingerprint density at radius 1 is 1.20 bits per heavy atom. The highest BCUT2D eigenvalue weighted by Crippen LogP contribution is 2.33. The third-order valence-electron chi connectivity index (χ3n) is 2.38. The normalized spacial score (nSPS) is 13.3. The third kappa shape index (κ3) is 3.55. The molecule has 0 amide bonds. The van der Waals surface area contributed by atoms with Gasteiger partial charge in [0.1, 0.15) is 0 Å². The molecule has 0 heterocycles. The molecule has 0 fully saturated rings. The lowest BCUT2D eigenvalue weighted by Crippen LogP contribution is -1.94. The molecule has 0 aromatic heterocycles. The van der Waals surface area contributed by atoms with E-state index in [4.69, 9.17) is 23.2 Å². The van der Waals surface area contributed by atoms with Crippen LogP contribution in [0, 0.1) is 0 Å². The summed E-state index contributed by atoms with van der Waals surface area (Å²) >= 11 is 12.3. The molecule has 15 heavy (non-hydrogen) atoms. The second-order valence-electron chi connectivity index (χ2n) is 3.65. The fourth-order valence-electron chi connectivity index (χ4n) is 1.57. The number of benzene rings is 1. The smallest absolute Gasteiger partial charge is 0.0455 e. The van der Waals surface area contributed by atoms with Crippen LogP contribution in [-0.2, 0) is 0 Å². The van der Waals surface area contributed by atoms with Crippen LogP contribution in [0.25, 0.3) is 0 Å². The number of rotatable bonds is 4. The first kappa shape index (κ1) is 12.6. The van der Waals surface area contributed by atoms with Crippen molar-refractivity contribution in [2.24, 2.45) is 0 Å². The SMILES string of the molecule is CC/C=C\CC(C)c1c(Cl)cccc1Cl. The summed E-state index contributed by atoms with van der Waals surface area (Å²) in [4.78, 5) is 0. The van der Waals surface area contributed by atoms with Crippen molar-refractivity contribution in [2.45, 2.75) is 32.6 Å². The molecule has 0 spiro atoms. The van der Waals surface area contributed by atoms with Crippen molar-refractivity contribution >= 4 is 23.2 Å². The molecule has 0 aliphatic carbocycles. The van der Waals surface area contributed by atoms with E-state index in [-0.39, 0.29) is 0 Å². The lowest BCUT2D eigenvalue weighted by molar-refractivity contribution is 0.779. The van der Waals surface area contributed by atoms with Crippen LogP contribution in [0.3, 0.4) is 0 Å². The van der Waals surface area contributed by atoms with E-state index in [1.165, 1.54) is 0 Å². The molecule has 1 rings (SSSR count). The summed E-state index contributed by atoms with van der Waals surface area (Å²) in [6, 6.07) is 5.66. The van der Waals surface area contributed by atoms with E-state index in [2.05, 4.69) is 26.0 Å². The third-order valence-corrected chi connectivity index (χ3v) is 3.04. The molecule has 0 saturated carbocycles. The molecule has 0 radical (unpaired) electrons. The van der Waals surface area contributed by atoms with E-state index in [9.17, 15) is 0 Å². The van der Waals surface area contributed by atoms with E-state index >= 15 is 0 Å². The van der Waals surface area contributed by atoms with Crippen LogP contribution in [0.2, 0.25) is 10.0 Å². The van der Waals surface area contributed by atoms with Crippen molar-refractivity contribution in [3.05, 3.63) is 46.0 Å². The molecule has 1 aromatic carbocycles. The molecule has 0 bridgehead atoms. The molecule has 2 heteroatoms. The Bertz CT molecular complexity index is 322. The second kappa shape index (κ2) is 6.19. The molecular formula is C13H16Cl2. The predicted molar refractivity (Wildman–Crippen MR) is 68.9 cm³/mol. The van der Waals surface area contributed by atoms with Crippen molar-refractivity contribution in [3.63, 3.8) is 0 Å². The zero-order valence-electron chi connectivity index (χ0n) is 9.13. The molecule has 1 atom stereocenters. The quantitative estimate of drug-likeness (QED) is 0.616. The number of hydrogen-bond acceptors (Lipinski definition) is 0. The Morgan fingerprint density at radius 3 is 2.33 bits per heavy atom. The van der Waals surface area contributed by atoms with Crippen LogP contribution < -0.4 is 0 Å². The van der Waals surface area contributed by atoms with E-state index < -0.39 is 0 Å². The van der Waals surface area contributed by atoms with Gasteiger partial charge in [0.15, 0.2) is 0 Å². The Kier molecular flexibility index (Phi) is 5.21. The first-order chi connectivity index (χ1) is 7.16. The molecule has 0 aliphatic heterocycles. The van der Waals surface area contributed by atoms with Gasteiger partial charge in [0.05, 0.1) is 0 Å². The lowest BCUT2D eigenvalue weighted by atomic mass is 9.97. The van der Waals surface area contributed by atoms with Gasteiger partial charge in [-0.15, -0.1) is 0 Å². The van der Waals surface area contributed by atoms with Crippen molar-refractivity contribution in [1.82, 2.24) is 0 Å². The highest BCUT2D eigenvalue weighted by Gasteiger charge is 2.11. The van der Waals surface area contributed by atoms with Gasteiger partial charge in [-0.25, -0.2) is 0 Å². The second-order valence-corrected chi connectivity index (χ2v) is 4.47. The summed E-state index contributed by atoms with van der Waals surface area (Å²) in [6.07, 6.45) is 6.41. The van der Waals surface area contributed by atoms with Gasteiger partial charge < -0.3 is 0 Å². The van der Waals surface area contributed by atoms with E-state index in [0.29, 0.717) is 5.92 Å². The van der Waals surface area contributed by atoms with E-state index in [1.807, 2.05) is 18.2 Å². The fraction of sp³-hybridized carbons (Fsp3) is 0.385. The predicted octanol–water partition coefficient (Wildman–Crippen LogP) is 5.45. The number of halogens is 2. The van der Waals surface area contributed by atoms with Gasteiger partial charge in [0.2, 0.25) is 0 Å². The Hall–Kier alpha value is -0.460. The van der Waals surface area contributed by atoms with E-state index in [0.717, 1.165) is 28.5 Å².